The van der Waals surface area contributed by atoms with Gasteiger partial charge < -0.3 is 9.47 Å². The third-order valence-electron chi connectivity index (χ3n) is 6.23. The van der Waals surface area contributed by atoms with E-state index in [0.29, 0.717) is 31.6 Å². The summed E-state index contributed by atoms with van der Waals surface area (Å²) >= 11 is 0. The minimum atomic E-state index is -0.328. The summed E-state index contributed by atoms with van der Waals surface area (Å²) in [5, 5.41) is 2.02. The van der Waals surface area contributed by atoms with Gasteiger partial charge in [-0.05, 0) is 35.9 Å². The van der Waals surface area contributed by atoms with Crippen molar-refractivity contribution in [2.45, 2.75) is 31.5 Å². The van der Waals surface area contributed by atoms with Crippen molar-refractivity contribution in [1.29, 1.82) is 0 Å². The van der Waals surface area contributed by atoms with E-state index in [9.17, 15) is 9.59 Å². The van der Waals surface area contributed by atoms with E-state index in [-0.39, 0.29) is 36.5 Å². The van der Waals surface area contributed by atoms with Gasteiger partial charge in [-0.3, -0.25) is 14.7 Å². The van der Waals surface area contributed by atoms with Gasteiger partial charge in [0, 0.05) is 29.3 Å². The predicted octanol–water partition coefficient (Wildman–Crippen LogP) is 4.23. The first-order valence-corrected chi connectivity index (χ1v) is 10.6. The summed E-state index contributed by atoms with van der Waals surface area (Å²) in [6.45, 7) is 1.11. The van der Waals surface area contributed by atoms with Crippen LogP contribution in [0.5, 0.6) is 0 Å². The van der Waals surface area contributed by atoms with Crippen LogP contribution in [-0.2, 0) is 16.1 Å². The molecule has 6 heteroatoms. The summed E-state index contributed by atoms with van der Waals surface area (Å²) in [6.07, 6.45) is 4.38. The second kappa shape index (κ2) is 8.47. The average Bonchev–Trinajstić information content (AvgIpc) is 2.81. The number of ketones is 1. The number of nitrogens with zero attached hydrogens (tertiary/aromatic N) is 2. The van der Waals surface area contributed by atoms with E-state index in [2.05, 4.69) is 4.98 Å². The number of carbonyl (C=O) groups excluding carboxylic acids is 2. The molecule has 0 N–H and O–H groups in total. The van der Waals surface area contributed by atoms with Crippen molar-refractivity contribution in [3.05, 3.63) is 78.1 Å². The molecule has 2 aromatic carbocycles. The Bertz CT molecular complexity index is 1090. The van der Waals surface area contributed by atoms with Gasteiger partial charge in [0.05, 0.1) is 25.3 Å². The van der Waals surface area contributed by atoms with E-state index in [1.165, 1.54) is 0 Å². The summed E-state index contributed by atoms with van der Waals surface area (Å²) in [5.41, 5.74) is 1.66. The quantitative estimate of drug-likeness (QED) is 0.595. The summed E-state index contributed by atoms with van der Waals surface area (Å²) < 4.78 is 11.3. The molecule has 2 atom stereocenters. The second-order valence-electron chi connectivity index (χ2n) is 8.26. The zero-order valence-corrected chi connectivity index (χ0v) is 17.1. The molecule has 2 saturated heterocycles. The Balaban J connectivity index is 1.29. The fourth-order valence-electron chi connectivity index (χ4n) is 4.69. The number of rotatable bonds is 4. The molecule has 2 aliphatic heterocycles. The zero-order valence-electron chi connectivity index (χ0n) is 17.1. The van der Waals surface area contributed by atoms with Crippen molar-refractivity contribution < 1.29 is 19.1 Å². The van der Waals surface area contributed by atoms with Gasteiger partial charge in [0.25, 0.3) is 0 Å². The lowest BCUT2D eigenvalue weighted by Crippen LogP contribution is -2.59. The lowest BCUT2D eigenvalue weighted by Gasteiger charge is -2.47. The van der Waals surface area contributed by atoms with Gasteiger partial charge in [-0.15, -0.1) is 0 Å². The molecule has 0 spiro atoms. The first-order chi connectivity index (χ1) is 15.2. The van der Waals surface area contributed by atoms with Crippen molar-refractivity contribution in [1.82, 2.24) is 9.88 Å². The highest BCUT2D eigenvalue weighted by Gasteiger charge is 2.44. The summed E-state index contributed by atoms with van der Waals surface area (Å²) in [7, 11) is 0. The number of amides is 1. The number of ether oxygens (including phenoxy) is 2. The Hall–Kier alpha value is -3.25. The molecule has 31 heavy (non-hydrogen) atoms. The van der Waals surface area contributed by atoms with Crippen LogP contribution in [0.2, 0.25) is 0 Å². The highest BCUT2D eigenvalue weighted by molar-refractivity contribution is 6.01. The molecule has 158 valence electrons. The molecule has 6 nitrogen and oxygen atoms in total. The van der Waals surface area contributed by atoms with Crippen LogP contribution < -0.4 is 0 Å². The van der Waals surface area contributed by atoms with Gasteiger partial charge in [0.1, 0.15) is 6.61 Å². The van der Waals surface area contributed by atoms with E-state index < -0.39 is 0 Å². The van der Waals surface area contributed by atoms with Crippen molar-refractivity contribution in [3.8, 4) is 0 Å². The first kappa shape index (κ1) is 19.7. The molecule has 5 rings (SSSR count). The Labute approximate surface area is 180 Å². The molecule has 2 aliphatic rings. The minimum absolute atomic E-state index is 0.128. The Morgan fingerprint density at radius 2 is 1.77 bits per heavy atom. The standard InChI is InChI=1S/C25H24N2O4/c28-24(19-6-7-20-13-26-9-8-18(20)10-19)21-11-22-15-30-16-23(12-21)27(22)25(29)31-14-17-4-2-1-3-5-17/h1-10,13,21-23H,11-12,14-16H2. The number of aromatic nitrogens is 1. The van der Waals surface area contributed by atoms with Gasteiger partial charge in [-0.2, -0.15) is 0 Å². The van der Waals surface area contributed by atoms with Crippen LogP contribution in [0.1, 0.15) is 28.8 Å². The molecule has 3 heterocycles. The summed E-state index contributed by atoms with van der Waals surface area (Å²) in [5.74, 6) is 0.00396. The number of hydrogen-bond acceptors (Lipinski definition) is 5. The van der Waals surface area contributed by atoms with Gasteiger partial charge in [-0.1, -0.05) is 42.5 Å². The van der Waals surface area contributed by atoms with Crippen LogP contribution in [0.3, 0.4) is 0 Å². The highest BCUT2D eigenvalue weighted by Crippen LogP contribution is 2.34. The molecule has 0 aliphatic carbocycles. The van der Waals surface area contributed by atoms with E-state index in [0.717, 1.165) is 16.3 Å². The lowest BCUT2D eigenvalue weighted by molar-refractivity contribution is -0.0755. The highest BCUT2D eigenvalue weighted by atomic mass is 16.6. The molecule has 1 aromatic heterocycles. The summed E-state index contributed by atoms with van der Waals surface area (Å²) in [6, 6.07) is 17.0. The average molecular weight is 416 g/mol. The number of piperidine rings is 1. The maximum Gasteiger partial charge on any atom is 0.410 e. The maximum atomic E-state index is 13.3. The van der Waals surface area contributed by atoms with Gasteiger partial charge in [-0.25, -0.2) is 4.79 Å². The maximum absolute atomic E-state index is 13.3. The normalized spacial score (nSPS) is 22.8. The largest absolute Gasteiger partial charge is 0.445 e. The minimum Gasteiger partial charge on any atom is -0.445 e. The lowest BCUT2D eigenvalue weighted by atomic mass is 9.80. The topological polar surface area (TPSA) is 68.7 Å². The van der Waals surface area contributed by atoms with Crippen LogP contribution in [0.4, 0.5) is 4.79 Å². The molecule has 0 saturated carbocycles. The molecule has 3 aromatic rings. The van der Waals surface area contributed by atoms with Crippen LogP contribution in [0.15, 0.2) is 67.0 Å². The number of morpholine rings is 1. The van der Waals surface area contributed by atoms with Crippen LogP contribution in [-0.4, -0.2) is 47.1 Å². The predicted molar refractivity (Wildman–Crippen MR) is 116 cm³/mol. The third-order valence-corrected chi connectivity index (χ3v) is 6.23. The van der Waals surface area contributed by atoms with Gasteiger partial charge in [0.2, 0.25) is 0 Å². The molecule has 2 unspecified atom stereocenters. The number of fused-ring (bicyclic) bond motifs is 3. The van der Waals surface area contributed by atoms with Gasteiger partial charge in [0.15, 0.2) is 5.78 Å². The van der Waals surface area contributed by atoms with E-state index >= 15 is 0 Å². The van der Waals surface area contributed by atoms with Crippen LogP contribution in [0.25, 0.3) is 10.8 Å². The van der Waals surface area contributed by atoms with Crippen molar-refractivity contribution in [2.75, 3.05) is 13.2 Å². The molecule has 2 bridgehead atoms. The fraction of sp³-hybridized carbons (Fsp3) is 0.320. The number of pyridine rings is 1. The Morgan fingerprint density at radius 3 is 2.55 bits per heavy atom. The SMILES string of the molecule is O=C(c1ccc2cnccc2c1)C1CC2COCC(C1)N2C(=O)OCc1ccccc1. The van der Waals surface area contributed by atoms with Gasteiger partial charge >= 0.3 is 6.09 Å². The van der Waals surface area contributed by atoms with Crippen LogP contribution in [0, 0.1) is 5.92 Å². The number of hydrogen-bond donors (Lipinski definition) is 0. The molecule has 0 radical (unpaired) electrons. The van der Waals surface area contributed by atoms with Crippen molar-refractivity contribution >= 4 is 22.6 Å². The Kier molecular flexibility index (Phi) is 5.38. The monoisotopic (exact) mass is 416 g/mol. The molecular formula is C25H24N2O4. The zero-order chi connectivity index (χ0) is 21.2. The van der Waals surface area contributed by atoms with E-state index in [1.807, 2.05) is 54.6 Å². The fourth-order valence-corrected chi connectivity index (χ4v) is 4.69. The molecule has 1 amide bonds. The second-order valence-corrected chi connectivity index (χ2v) is 8.26. The van der Waals surface area contributed by atoms with Crippen molar-refractivity contribution in [3.63, 3.8) is 0 Å². The Morgan fingerprint density at radius 1 is 1.00 bits per heavy atom. The van der Waals surface area contributed by atoms with E-state index in [4.69, 9.17) is 9.47 Å². The summed E-state index contributed by atoms with van der Waals surface area (Å²) in [4.78, 5) is 32.0. The molecular weight excluding hydrogens is 392 g/mol. The number of carbonyl (C=O) groups is 2. The first-order valence-electron chi connectivity index (χ1n) is 10.6. The third kappa shape index (κ3) is 4.03. The molecule has 2 fully saturated rings. The number of Topliss-reactive ketones (excluding diaryl/α,β-unsaturated/α-hetero) is 1. The van der Waals surface area contributed by atoms with Crippen LogP contribution >= 0.6 is 0 Å². The smallest absolute Gasteiger partial charge is 0.410 e. The van der Waals surface area contributed by atoms with Crippen molar-refractivity contribution in [2.24, 2.45) is 5.92 Å². The van der Waals surface area contributed by atoms with E-state index in [1.54, 1.807) is 17.3 Å². The number of benzene rings is 2.